The number of carbonyl (C=O) groups is 4. The highest BCUT2D eigenvalue weighted by Gasteiger charge is 2.34. The van der Waals surface area contributed by atoms with Crippen molar-refractivity contribution in [2.75, 3.05) is 90.6 Å². The van der Waals surface area contributed by atoms with Crippen molar-refractivity contribution in [3.8, 4) is 56.3 Å². The number of benzene rings is 4. The SMILES string of the molecule is COc1cc(-c2nccc(-c3cccc(NC(=O)c4nc5c(n4C)CCN(C4CCN(C(C)=O)CC4)C5)c3Cl)c2Cl)ccc1CNCCCF.COc1cc(-c2nccc(-c3cccc(NC(=O)c4nc5c(n4C)CCN(C4CCN(C(C)=O)CC4)C5)c3Cl)c2Cl)ccc1CNCCCF. The Balaban J connectivity index is 0.000000202. The third-order valence-corrected chi connectivity index (χ3v) is 21.0. The third-order valence-electron chi connectivity index (χ3n) is 19.4. The molecule has 0 unspecified atom stereocenters. The number of nitrogens with one attached hydrogen (secondary N) is 4. The number of aromatic nitrogens is 6. The fraction of sp³-hybridized carbons (Fsp3) is 0.405. The molecule has 0 saturated carbocycles. The maximum atomic E-state index is 13.7. The van der Waals surface area contributed by atoms with Crippen molar-refractivity contribution in [3.05, 3.63) is 163 Å². The Kier molecular flexibility index (Phi) is 24.6. The minimum absolute atomic E-state index is 0.129. The lowest BCUT2D eigenvalue weighted by Gasteiger charge is -2.39. The molecule has 100 heavy (non-hydrogen) atoms. The van der Waals surface area contributed by atoms with Gasteiger partial charge < -0.3 is 49.7 Å². The van der Waals surface area contributed by atoms with E-state index in [0.717, 1.165) is 123 Å². The molecular formula is C74H84Cl4F2N14O6. The van der Waals surface area contributed by atoms with Gasteiger partial charge in [0.25, 0.3) is 11.8 Å². The molecule has 12 rings (SSSR count). The van der Waals surface area contributed by atoms with Crippen LogP contribution in [0.2, 0.25) is 20.1 Å². The maximum absolute atomic E-state index is 13.7. The zero-order chi connectivity index (χ0) is 70.7. The summed E-state index contributed by atoms with van der Waals surface area (Å²) >= 11 is 27.9. The number of alkyl halides is 2. The number of ether oxygens (including phenoxy) is 2. The van der Waals surface area contributed by atoms with Crippen molar-refractivity contribution < 1.29 is 37.4 Å². The molecule has 8 aromatic rings. The molecule has 0 bridgehead atoms. The average molecular weight is 1450 g/mol. The Bertz CT molecular complexity index is 4020. The Morgan fingerprint density at radius 1 is 0.530 bits per heavy atom. The van der Waals surface area contributed by atoms with Crippen LogP contribution in [0.3, 0.4) is 0 Å². The van der Waals surface area contributed by atoms with Gasteiger partial charge in [0.15, 0.2) is 11.6 Å². The number of hydrogen-bond donors (Lipinski definition) is 4. The van der Waals surface area contributed by atoms with Crippen LogP contribution in [0.15, 0.2) is 97.3 Å². The second kappa shape index (κ2) is 33.6. The van der Waals surface area contributed by atoms with Crippen LogP contribution >= 0.6 is 46.4 Å². The number of imidazole rings is 2. The molecule has 4 aliphatic rings. The highest BCUT2D eigenvalue weighted by molar-refractivity contribution is 6.40. The number of hydrogen-bond acceptors (Lipinski definition) is 14. The van der Waals surface area contributed by atoms with Crippen LogP contribution in [0.1, 0.15) is 108 Å². The smallest absolute Gasteiger partial charge is 0.291 e. The normalized spacial score (nSPS) is 15.2. The van der Waals surface area contributed by atoms with Gasteiger partial charge in [-0.15, -0.1) is 0 Å². The zero-order valence-corrected chi connectivity index (χ0v) is 60.2. The van der Waals surface area contributed by atoms with Crippen LogP contribution in [0.5, 0.6) is 11.5 Å². The average Bonchev–Trinajstić information content (AvgIpc) is 1.38. The van der Waals surface area contributed by atoms with Crippen molar-refractivity contribution >= 4 is 81.4 Å². The first-order valence-corrected chi connectivity index (χ1v) is 35.4. The number of likely N-dealkylation sites (tertiary alicyclic amines) is 2. The molecule has 528 valence electrons. The number of nitrogens with zero attached hydrogens (tertiary/aromatic N) is 10. The van der Waals surface area contributed by atoms with E-state index in [9.17, 15) is 28.0 Å². The van der Waals surface area contributed by atoms with E-state index >= 15 is 0 Å². The minimum Gasteiger partial charge on any atom is -0.496 e. The number of anilines is 2. The maximum Gasteiger partial charge on any atom is 0.291 e. The molecule has 2 saturated heterocycles. The molecule has 0 atom stereocenters. The van der Waals surface area contributed by atoms with E-state index in [1.54, 1.807) is 64.7 Å². The summed E-state index contributed by atoms with van der Waals surface area (Å²) in [4.78, 5) is 78.3. The topological polar surface area (TPSA) is 209 Å². The number of rotatable bonds is 22. The van der Waals surface area contributed by atoms with Crippen LogP contribution in [0.4, 0.5) is 20.2 Å². The second-order valence-electron chi connectivity index (χ2n) is 25.5. The summed E-state index contributed by atoms with van der Waals surface area (Å²) in [5.74, 6) is 1.53. The molecule has 0 spiro atoms. The van der Waals surface area contributed by atoms with E-state index < -0.39 is 0 Å². The monoisotopic (exact) mass is 1440 g/mol. The predicted octanol–water partition coefficient (Wildman–Crippen LogP) is 13.1. The molecule has 4 aromatic heterocycles. The number of piperidine rings is 2. The Labute approximate surface area is 602 Å². The van der Waals surface area contributed by atoms with Gasteiger partial charge in [-0.2, -0.15) is 0 Å². The third kappa shape index (κ3) is 16.5. The Morgan fingerprint density at radius 3 is 1.29 bits per heavy atom. The molecule has 4 amide bonds. The lowest BCUT2D eigenvalue weighted by molar-refractivity contribution is -0.131. The Morgan fingerprint density at radius 2 is 0.920 bits per heavy atom. The van der Waals surface area contributed by atoms with Gasteiger partial charge in [-0.1, -0.05) is 94.9 Å². The minimum atomic E-state index is -0.362. The largest absolute Gasteiger partial charge is 0.496 e. The van der Waals surface area contributed by atoms with Gasteiger partial charge in [0, 0.05) is 187 Å². The van der Waals surface area contributed by atoms with Crippen LogP contribution in [-0.4, -0.2) is 164 Å². The number of carbonyl (C=O) groups excluding carboxylic acids is 4. The van der Waals surface area contributed by atoms with E-state index in [2.05, 4.69) is 41.0 Å². The molecule has 0 aliphatic carbocycles. The molecule has 2 fully saturated rings. The summed E-state index contributed by atoms with van der Waals surface area (Å²) in [5.41, 5.74) is 11.9. The van der Waals surface area contributed by atoms with Gasteiger partial charge in [-0.25, -0.2) is 9.97 Å². The summed E-state index contributed by atoms with van der Waals surface area (Å²) in [5, 5.41) is 13.9. The number of pyridine rings is 2. The molecular weight excluding hydrogens is 1360 g/mol. The van der Waals surface area contributed by atoms with Crippen molar-refractivity contribution in [1.82, 2.24) is 59.3 Å². The highest BCUT2D eigenvalue weighted by atomic mass is 35.5. The number of fused-ring (bicyclic) bond motifs is 2. The summed E-state index contributed by atoms with van der Waals surface area (Å²) in [6.07, 6.45) is 9.60. The van der Waals surface area contributed by atoms with Crippen molar-refractivity contribution in [2.45, 2.75) is 103 Å². The van der Waals surface area contributed by atoms with Crippen LogP contribution in [-0.2, 0) is 62.7 Å². The van der Waals surface area contributed by atoms with E-state index in [0.29, 0.717) is 152 Å². The van der Waals surface area contributed by atoms with Crippen LogP contribution in [0, 0.1) is 0 Å². The highest BCUT2D eigenvalue weighted by Crippen LogP contribution is 2.44. The summed E-state index contributed by atoms with van der Waals surface area (Å²) in [7, 11) is 6.96. The van der Waals surface area contributed by atoms with Gasteiger partial charge in [0.05, 0.1) is 81.8 Å². The summed E-state index contributed by atoms with van der Waals surface area (Å²) in [6, 6.07) is 26.7. The summed E-state index contributed by atoms with van der Waals surface area (Å²) < 4.78 is 40.0. The van der Waals surface area contributed by atoms with E-state index in [1.165, 1.54) is 0 Å². The fourth-order valence-electron chi connectivity index (χ4n) is 13.9. The van der Waals surface area contributed by atoms with Crippen LogP contribution in [0.25, 0.3) is 44.8 Å². The first-order valence-electron chi connectivity index (χ1n) is 33.8. The van der Waals surface area contributed by atoms with Crippen LogP contribution < -0.4 is 30.7 Å². The van der Waals surface area contributed by atoms with Crippen molar-refractivity contribution in [3.63, 3.8) is 0 Å². The fourth-order valence-corrected chi connectivity index (χ4v) is 15.1. The first-order chi connectivity index (χ1) is 48.4. The lowest BCUT2D eigenvalue weighted by Crippen LogP contribution is -2.47. The van der Waals surface area contributed by atoms with Crippen molar-refractivity contribution in [1.29, 1.82) is 0 Å². The predicted molar refractivity (Wildman–Crippen MR) is 389 cm³/mol. The molecule has 4 aliphatic heterocycles. The van der Waals surface area contributed by atoms with E-state index in [-0.39, 0.29) is 37.0 Å². The second-order valence-corrected chi connectivity index (χ2v) is 27.0. The Hall–Kier alpha value is -8.06. The van der Waals surface area contributed by atoms with Gasteiger partial charge in [-0.05, 0) is 88.0 Å². The molecule has 20 nitrogen and oxygen atoms in total. The number of halogens is 6. The quantitative estimate of drug-likeness (QED) is 0.0466. The molecule has 4 N–H and O–H groups in total. The van der Waals surface area contributed by atoms with Crippen molar-refractivity contribution in [2.24, 2.45) is 14.1 Å². The number of methoxy groups -OCH3 is 2. The molecule has 4 aromatic carbocycles. The summed E-state index contributed by atoms with van der Waals surface area (Å²) in [6.45, 7) is 11.0. The molecule has 8 heterocycles. The van der Waals surface area contributed by atoms with E-state index in [4.69, 9.17) is 65.8 Å². The zero-order valence-electron chi connectivity index (χ0n) is 57.1. The molecule has 0 radical (unpaired) electrons. The standard InChI is InChI=1S/2C37H42Cl2FN7O3/c2*1-23(48)46-17-11-26(12-18-46)47-19-13-31-30(22-47)43-36(45(31)2)37(49)44-29-7-4-6-27(33(29)38)28-10-16-42-35(34(28)39)24-8-9-25(32(20-24)50-3)21-41-15-5-14-40/h2*4,6-10,16,20,26,41H,5,11-15,17-19,21-22H2,1-3H3,(H,44,49). The van der Waals surface area contributed by atoms with Gasteiger partial charge >= 0.3 is 0 Å². The van der Waals surface area contributed by atoms with Gasteiger partial charge in [0.2, 0.25) is 11.8 Å². The number of amides is 4. The first kappa shape index (κ1) is 73.2. The lowest BCUT2D eigenvalue weighted by atomic mass is 10.00. The molecule has 26 heteroatoms. The van der Waals surface area contributed by atoms with E-state index in [1.807, 2.05) is 93.7 Å². The van der Waals surface area contributed by atoms with Gasteiger partial charge in [0.1, 0.15) is 11.5 Å². The van der Waals surface area contributed by atoms with Gasteiger partial charge in [-0.3, -0.25) is 47.7 Å².